The summed E-state index contributed by atoms with van der Waals surface area (Å²) in [6.45, 7) is 17.3. The van der Waals surface area contributed by atoms with Gasteiger partial charge in [-0.3, -0.25) is 0 Å². The molecule has 0 N–H and O–H groups in total. The van der Waals surface area contributed by atoms with Crippen molar-refractivity contribution in [1.29, 1.82) is 0 Å². The van der Waals surface area contributed by atoms with E-state index in [1.54, 1.807) is 13.8 Å². The molecule has 0 aromatic heterocycles. The molecular formula is C24H26Br2SiZr-4. The van der Waals surface area contributed by atoms with Gasteiger partial charge in [0, 0.05) is 0 Å². The molecule has 0 unspecified atom stereocenters. The first-order valence-electron chi connectivity index (χ1n) is 8.84. The third kappa shape index (κ3) is 8.22. The van der Waals surface area contributed by atoms with Crippen LogP contribution in [0, 0.1) is 27.7 Å². The summed E-state index contributed by atoms with van der Waals surface area (Å²) >= 11 is 8.38. The van der Waals surface area contributed by atoms with Crippen LogP contribution in [0.5, 0.6) is 0 Å². The summed E-state index contributed by atoms with van der Waals surface area (Å²) in [5.74, 6) is 0. The van der Waals surface area contributed by atoms with Gasteiger partial charge in [0.05, 0.1) is 0 Å². The fourth-order valence-electron chi connectivity index (χ4n) is 2.69. The van der Waals surface area contributed by atoms with Gasteiger partial charge in [-0.05, 0) is 8.95 Å². The molecule has 0 heterocycles. The van der Waals surface area contributed by atoms with Crippen molar-refractivity contribution in [2.45, 2.75) is 27.7 Å². The van der Waals surface area contributed by atoms with Crippen LogP contribution in [0.3, 0.4) is 0 Å². The van der Waals surface area contributed by atoms with E-state index in [-0.39, 0.29) is 0 Å². The molecule has 4 aromatic carbocycles. The van der Waals surface area contributed by atoms with Crippen molar-refractivity contribution in [3.63, 3.8) is 0 Å². The van der Waals surface area contributed by atoms with Crippen LogP contribution in [0.2, 0.25) is 0 Å². The van der Waals surface area contributed by atoms with E-state index in [4.69, 9.17) is 0 Å². The summed E-state index contributed by atoms with van der Waals surface area (Å²) in [7, 11) is 0. The second kappa shape index (κ2) is 15.5. The second-order valence-corrected chi connectivity index (χ2v) is 7.26. The van der Waals surface area contributed by atoms with Gasteiger partial charge in [-0.2, -0.15) is 26.0 Å². The predicted molar refractivity (Wildman–Crippen MR) is 132 cm³/mol. The van der Waals surface area contributed by atoms with E-state index < -0.39 is 0 Å². The number of fused-ring (bicyclic) bond motifs is 2. The minimum absolute atomic E-state index is 1.18. The summed E-state index contributed by atoms with van der Waals surface area (Å²) < 4.78 is 2.37. The molecule has 0 saturated carbocycles. The first-order chi connectivity index (χ1) is 13.5. The van der Waals surface area contributed by atoms with Crippen molar-refractivity contribution >= 4 is 60.3 Å². The number of rotatable bonds is 0. The van der Waals surface area contributed by atoms with Crippen LogP contribution in [-0.2, 0) is 23.3 Å². The first kappa shape index (κ1) is 27.7. The van der Waals surface area contributed by atoms with Crippen LogP contribution in [0.4, 0.5) is 0 Å². The standard InChI is InChI=1S/2C10H8Br.2C2H5.Si.Zr/c2*1-7-5-8-3-2-4-10(11)9(8)6-7;2*1-2;;/h2*2-6H,1H3;2*1H2,2H3;;/q4*-1;;. The maximum atomic E-state index is 3.51. The minimum atomic E-state index is 1.18. The Kier molecular flexibility index (Phi) is 15.4. The summed E-state index contributed by atoms with van der Waals surface area (Å²) in [5, 5.41) is 5.25. The molecule has 0 bridgehead atoms. The predicted octanol–water partition coefficient (Wildman–Crippen LogP) is 8.56. The van der Waals surface area contributed by atoms with Gasteiger partial charge in [0.25, 0.3) is 0 Å². The molecule has 0 saturated heterocycles. The van der Waals surface area contributed by atoms with Crippen molar-refractivity contribution in [3.05, 3.63) is 94.6 Å². The van der Waals surface area contributed by atoms with Crippen molar-refractivity contribution < 1.29 is 23.3 Å². The van der Waals surface area contributed by atoms with Crippen LogP contribution in [0.1, 0.15) is 25.0 Å². The molecule has 2 radical (unpaired) electrons. The molecule has 0 aliphatic rings. The maximum absolute atomic E-state index is 3.51. The Labute approximate surface area is 204 Å². The van der Waals surface area contributed by atoms with Crippen LogP contribution < -0.4 is 0 Å². The zero-order chi connectivity index (χ0) is 21.7. The van der Waals surface area contributed by atoms with Gasteiger partial charge in [-0.15, -0.1) is 69.1 Å². The van der Waals surface area contributed by atoms with E-state index >= 15 is 0 Å². The molecule has 0 fully saturated rings. The van der Waals surface area contributed by atoms with Crippen LogP contribution >= 0.6 is 31.9 Å². The fourth-order valence-corrected chi connectivity index (χ4v) is 3.68. The van der Waals surface area contributed by atoms with Crippen LogP contribution in [0.25, 0.3) is 21.5 Å². The molecule has 0 amide bonds. The molecule has 4 rings (SSSR count). The van der Waals surface area contributed by atoms with E-state index in [0.717, 1.165) is 0 Å². The summed E-state index contributed by atoms with van der Waals surface area (Å²) in [6.07, 6.45) is 0. The molecule has 0 aliphatic heterocycles. The Balaban J connectivity index is 0.000000412. The molecule has 0 spiro atoms. The number of aryl methyl sites for hydroxylation is 2. The SMILES string of the molecule is Cc1cc2c(Br)cccc2[cH-]1.Cc1cc2c(Br)cccc2[cH-]1.[CH2-]C.[CH2-]C.[Si]=[Zr]. The van der Waals surface area contributed by atoms with E-state index in [1.165, 1.54) is 65.0 Å². The molecular weight excluding hydrogens is 567 g/mol. The van der Waals surface area contributed by atoms with Gasteiger partial charge in [-0.25, -0.2) is 0 Å². The van der Waals surface area contributed by atoms with Gasteiger partial charge in [0.1, 0.15) is 0 Å². The normalized spacial score (nSPS) is 8.96. The van der Waals surface area contributed by atoms with E-state index in [2.05, 4.69) is 127 Å². The van der Waals surface area contributed by atoms with Gasteiger partial charge >= 0.3 is 30.2 Å². The average molecular weight is 594 g/mol. The van der Waals surface area contributed by atoms with Gasteiger partial charge in [0.15, 0.2) is 0 Å². The zero-order valence-electron chi connectivity index (χ0n) is 16.9. The van der Waals surface area contributed by atoms with Gasteiger partial charge in [0.2, 0.25) is 0 Å². The Morgan fingerprint density at radius 1 is 0.714 bits per heavy atom. The topological polar surface area (TPSA) is 0 Å². The average Bonchev–Trinajstić information content (AvgIpc) is 3.30. The summed E-state index contributed by atoms with van der Waals surface area (Å²) in [4.78, 5) is 0. The Bertz CT molecular complexity index is 876. The van der Waals surface area contributed by atoms with Crippen molar-refractivity contribution in [2.75, 3.05) is 0 Å². The molecule has 148 valence electrons. The summed E-state index contributed by atoms with van der Waals surface area (Å²) in [6, 6.07) is 21.3. The number of hydrogen-bond donors (Lipinski definition) is 0. The van der Waals surface area contributed by atoms with E-state index in [9.17, 15) is 0 Å². The first-order valence-corrected chi connectivity index (χ1v) is 14.6. The Morgan fingerprint density at radius 3 is 1.32 bits per heavy atom. The molecule has 4 heteroatoms. The number of hydrogen-bond acceptors (Lipinski definition) is 0. The summed E-state index contributed by atoms with van der Waals surface area (Å²) in [5.41, 5.74) is 2.65. The van der Waals surface area contributed by atoms with Crippen molar-refractivity contribution in [1.82, 2.24) is 0 Å². The van der Waals surface area contributed by atoms with Crippen LogP contribution in [0.15, 0.2) is 69.6 Å². The van der Waals surface area contributed by atoms with Crippen LogP contribution in [-0.4, -0.2) is 6.88 Å². The number of halogens is 2. The van der Waals surface area contributed by atoms with E-state index in [1.807, 2.05) is 0 Å². The third-order valence-corrected chi connectivity index (χ3v) is 5.07. The van der Waals surface area contributed by atoms with Crippen molar-refractivity contribution in [2.24, 2.45) is 0 Å². The second-order valence-electron chi connectivity index (χ2n) is 5.55. The molecule has 28 heavy (non-hydrogen) atoms. The molecule has 0 nitrogen and oxygen atoms in total. The third-order valence-electron chi connectivity index (χ3n) is 3.68. The Hall–Kier alpha value is -0.280. The fraction of sp³-hybridized carbons (Fsp3) is 0.167. The van der Waals surface area contributed by atoms with Gasteiger partial charge < -0.3 is 13.8 Å². The monoisotopic (exact) mass is 590 g/mol. The molecule has 0 atom stereocenters. The Morgan fingerprint density at radius 2 is 1.04 bits per heavy atom. The van der Waals surface area contributed by atoms with Crippen molar-refractivity contribution in [3.8, 4) is 0 Å². The zero-order valence-corrected chi connectivity index (χ0v) is 23.6. The number of benzene rings is 2. The molecule has 4 aromatic rings. The quantitative estimate of drug-likeness (QED) is 0.142. The van der Waals surface area contributed by atoms with E-state index in [0.29, 0.717) is 0 Å². The van der Waals surface area contributed by atoms with Gasteiger partial charge in [-0.1, -0.05) is 57.8 Å². The molecule has 0 aliphatic carbocycles.